The molecule has 2 rings (SSSR count). The quantitative estimate of drug-likeness (QED) is 0.573. The molecule has 0 saturated heterocycles. The van der Waals surface area contributed by atoms with E-state index in [1.54, 1.807) is 6.20 Å². The summed E-state index contributed by atoms with van der Waals surface area (Å²) in [6, 6.07) is 0. The average molecular weight is 162 g/mol. The van der Waals surface area contributed by atoms with Crippen LogP contribution in [0.15, 0.2) is 22.2 Å². The lowest BCUT2D eigenvalue weighted by molar-refractivity contribution is 1.04. The first-order valence-corrected chi connectivity index (χ1v) is 3.46. The van der Waals surface area contributed by atoms with Crippen LogP contribution >= 0.6 is 0 Å². The van der Waals surface area contributed by atoms with E-state index in [0.29, 0.717) is 12.4 Å². The van der Waals surface area contributed by atoms with Gasteiger partial charge >= 0.3 is 0 Å². The van der Waals surface area contributed by atoms with E-state index in [0.717, 1.165) is 5.56 Å². The molecule has 1 aromatic heterocycles. The molecule has 0 aliphatic carbocycles. The van der Waals surface area contributed by atoms with E-state index >= 15 is 0 Å². The van der Waals surface area contributed by atoms with Crippen LogP contribution < -0.4 is 10.9 Å². The van der Waals surface area contributed by atoms with Crippen molar-refractivity contribution >= 4 is 12.2 Å². The molecule has 0 saturated carbocycles. The van der Waals surface area contributed by atoms with Crippen LogP contribution in [0.4, 0.5) is 5.82 Å². The molecule has 0 unspecified atom stereocenters. The number of hydrogen-bond acceptors (Lipinski definition) is 5. The van der Waals surface area contributed by atoms with Gasteiger partial charge in [-0.3, -0.25) is 14.8 Å². The number of nitrogens with one attached hydrogen (secondary N) is 1. The van der Waals surface area contributed by atoms with Gasteiger partial charge in [-0.1, -0.05) is 0 Å². The van der Waals surface area contributed by atoms with E-state index in [9.17, 15) is 4.79 Å². The molecule has 12 heavy (non-hydrogen) atoms. The third-order valence-electron chi connectivity index (χ3n) is 1.50. The van der Waals surface area contributed by atoms with Gasteiger partial charge in [-0.25, -0.2) is 0 Å². The smallest absolute Gasteiger partial charge is 0.290 e. The van der Waals surface area contributed by atoms with Crippen LogP contribution in [0.5, 0.6) is 0 Å². The summed E-state index contributed by atoms with van der Waals surface area (Å²) in [5.41, 5.74) is 0.485. The summed E-state index contributed by atoms with van der Waals surface area (Å²) < 4.78 is 0. The topological polar surface area (TPSA) is 67.2 Å². The second kappa shape index (κ2) is 2.69. The van der Waals surface area contributed by atoms with E-state index < -0.39 is 0 Å². The SMILES string of the molecule is O=c1cncc2c(n1)NC=NC2. The summed E-state index contributed by atoms with van der Waals surface area (Å²) in [4.78, 5) is 22.4. The monoisotopic (exact) mass is 162 g/mol. The van der Waals surface area contributed by atoms with Crippen LogP contribution in [0.25, 0.3) is 0 Å². The van der Waals surface area contributed by atoms with Gasteiger partial charge in [-0.15, -0.1) is 0 Å². The second-order valence-corrected chi connectivity index (χ2v) is 2.35. The van der Waals surface area contributed by atoms with Crippen LogP contribution in [-0.2, 0) is 6.54 Å². The normalized spacial score (nSPS) is 13.3. The molecule has 0 spiro atoms. The van der Waals surface area contributed by atoms with Crippen LogP contribution in [0.1, 0.15) is 5.56 Å². The Morgan fingerprint density at radius 3 is 3.25 bits per heavy atom. The second-order valence-electron chi connectivity index (χ2n) is 2.35. The van der Waals surface area contributed by atoms with Crippen molar-refractivity contribution in [3.63, 3.8) is 0 Å². The Balaban J connectivity index is 2.63. The molecule has 0 aromatic carbocycles. The third kappa shape index (κ3) is 1.16. The molecule has 2 heterocycles. The van der Waals surface area contributed by atoms with Gasteiger partial charge in [0.2, 0.25) is 0 Å². The maximum Gasteiger partial charge on any atom is 0.290 e. The van der Waals surface area contributed by atoms with Gasteiger partial charge in [-0.2, -0.15) is 4.98 Å². The van der Waals surface area contributed by atoms with Crippen molar-refractivity contribution in [1.29, 1.82) is 0 Å². The van der Waals surface area contributed by atoms with Crippen LogP contribution in [0, 0.1) is 0 Å². The zero-order valence-electron chi connectivity index (χ0n) is 6.19. The third-order valence-corrected chi connectivity index (χ3v) is 1.50. The highest BCUT2D eigenvalue weighted by Gasteiger charge is 2.04. The van der Waals surface area contributed by atoms with Gasteiger partial charge in [0.05, 0.1) is 19.1 Å². The first-order chi connectivity index (χ1) is 5.86. The Kier molecular flexibility index (Phi) is 1.55. The van der Waals surface area contributed by atoms with Gasteiger partial charge in [-0.05, 0) is 0 Å². The van der Waals surface area contributed by atoms with Gasteiger partial charge in [0.1, 0.15) is 5.82 Å². The zero-order chi connectivity index (χ0) is 8.39. The summed E-state index contributed by atoms with van der Waals surface area (Å²) >= 11 is 0. The number of rotatable bonds is 0. The minimum absolute atomic E-state index is 0.348. The lowest BCUT2D eigenvalue weighted by Crippen LogP contribution is -2.09. The van der Waals surface area contributed by atoms with Crippen molar-refractivity contribution in [2.24, 2.45) is 4.99 Å². The van der Waals surface area contributed by atoms with E-state index in [1.807, 2.05) is 0 Å². The lowest BCUT2D eigenvalue weighted by atomic mass is 10.3. The number of hydrogen-bond donors (Lipinski definition) is 1. The molecule has 0 bridgehead atoms. The van der Waals surface area contributed by atoms with E-state index in [-0.39, 0.29) is 5.56 Å². The standard InChI is InChI=1S/C7H6N4O/c12-6-3-8-1-5-2-9-4-10-7(5)11-6/h1,3-4H,2H2,(H,9,10,11,12). The predicted molar refractivity (Wildman–Crippen MR) is 44.1 cm³/mol. The van der Waals surface area contributed by atoms with E-state index in [2.05, 4.69) is 20.3 Å². The lowest BCUT2D eigenvalue weighted by Gasteiger charge is -2.05. The molecule has 1 N–H and O–H groups in total. The fraction of sp³-hybridized carbons (Fsp3) is 0.143. The van der Waals surface area contributed by atoms with Gasteiger partial charge in [0, 0.05) is 11.8 Å². The number of nitrogens with zero attached hydrogens (tertiary/aromatic N) is 3. The predicted octanol–water partition coefficient (Wildman–Crippen LogP) is -0.209. The molecule has 0 atom stereocenters. The van der Waals surface area contributed by atoms with E-state index in [1.165, 1.54) is 12.5 Å². The highest BCUT2D eigenvalue weighted by atomic mass is 16.1. The summed E-state index contributed by atoms with van der Waals surface area (Å²) in [6.07, 6.45) is 4.29. The molecule has 0 radical (unpaired) electrons. The minimum atomic E-state index is -0.348. The Morgan fingerprint density at radius 2 is 2.33 bits per heavy atom. The summed E-state index contributed by atoms with van der Waals surface area (Å²) in [5.74, 6) is 0.549. The highest BCUT2D eigenvalue weighted by Crippen LogP contribution is 2.10. The van der Waals surface area contributed by atoms with Crippen molar-refractivity contribution in [3.05, 3.63) is 28.3 Å². The Bertz CT molecular complexity index is 388. The molecule has 1 aliphatic heterocycles. The highest BCUT2D eigenvalue weighted by molar-refractivity contribution is 5.76. The Morgan fingerprint density at radius 1 is 1.42 bits per heavy atom. The van der Waals surface area contributed by atoms with Crippen LogP contribution in [0.3, 0.4) is 0 Å². The molecule has 0 fully saturated rings. The molecule has 1 aromatic rings. The van der Waals surface area contributed by atoms with Gasteiger partial charge < -0.3 is 5.32 Å². The molecule has 5 nitrogen and oxygen atoms in total. The number of fused-ring (bicyclic) bond motifs is 1. The van der Waals surface area contributed by atoms with Crippen LogP contribution in [0.2, 0.25) is 0 Å². The van der Waals surface area contributed by atoms with Crippen molar-refractivity contribution in [3.8, 4) is 0 Å². The largest absolute Gasteiger partial charge is 0.331 e. The molecule has 60 valence electrons. The molecular weight excluding hydrogens is 156 g/mol. The minimum Gasteiger partial charge on any atom is -0.331 e. The Labute approximate surface area is 68.2 Å². The summed E-state index contributed by atoms with van der Waals surface area (Å²) in [5, 5.41) is 2.78. The van der Waals surface area contributed by atoms with Gasteiger partial charge in [0.25, 0.3) is 5.56 Å². The van der Waals surface area contributed by atoms with Crippen LogP contribution in [-0.4, -0.2) is 16.3 Å². The number of aromatic nitrogens is 2. The molecule has 1 aliphatic rings. The fourth-order valence-electron chi connectivity index (χ4n) is 0.954. The maximum atomic E-state index is 10.9. The number of anilines is 1. The summed E-state index contributed by atoms with van der Waals surface area (Å²) in [6.45, 7) is 0.524. The summed E-state index contributed by atoms with van der Waals surface area (Å²) in [7, 11) is 0. The fourth-order valence-corrected chi connectivity index (χ4v) is 0.954. The van der Waals surface area contributed by atoms with Crippen molar-refractivity contribution in [1.82, 2.24) is 9.97 Å². The van der Waals surface area contributed by atoms with Crippen molar-refractivity contribution < 1.29 is 0 Å². The van der Waals surface area contributed by atoms with Gasteiger partial charge in [0.15, 0.2) is 0 Å². The first-order valence-electron chi connectivity index (χ1n) is 3.46. The maximum absolute atomic E-state index is 10.9. The van der Waals surface area contributed by atoms with E-state index in [4.69, 9.17) is 0 Å². The number of aliphatic imine (C=N–C) groups is 1. The Hall–Kier alpha value is -1.78. The molecule has 5 heteroatoms. The first kappa shape index (κ1) is 6.90. The van der Waals surface area contributed by atoms with Crippen molar-refractivity contribution in [2.75, 3.05) is 5.32 Å². The molecular formula is C7H6N4O. The molecule has 0 amide bonds. The van der Waals surface area contributed by atoms with Crippen molar-refractivity contribution in [2.45, 2.75) is 6.54 Å². The zero-order valence-corrected chi connectivity index (χ0v) is 6.19. The average Bonchev–Trinajstić information content (AvgIpc) is 2.25.